The fraction of sp³-hybridized carbons (Fsp3) is 0.267. The van der Waals surface area contributed by atoms with Gasteiger partial charge in [-0.2, -0.15) is 0 Å². The summed E-state index contributed by atoms with van der Waals surface area (Å²) >= 11 is 19.5. The number of morpholine rings is 1. The number of amides is 1. The van der Waals surface area contributed by atoms with Crippen molar-refractivity contribution >= 4 is 63.4 Å². The number of anilines is 2. The van der Waals surface area contributed by atoms with E-state index in [2.05, 4.69) is 10.2 Å². The third-order valence-corrected chi connectivity index (χ3v) is 5.26. The largest absolute Gasteiger partial charge is 0.378 e. The smallest absolute Gasteiger partial charge is 0.258 e. The first-order valence-corrected chi connectivity index (χ1v) is 8.88. The minimum absolute atomic E-state index is 0.310. The Morgan fingerprint density at radius 1 is 1.22 bits per heavy atom. The lowest BCUT2D eigenvalue weighted by molar-refractivity contribution is 0.102. The predicted octanol–water partition coefficient (Wildman–Crippen LogP) is 4.80. The van der Waals surface area contributed by atoms with Crippen LogP contribution < -0.4 is 10.2 Å². The van der Waals surface area contributed by atoms with Gasteiger partial charge in [0.05, 0.1) is 39.5 Å². The van der Waals surface area contributed by atoms with Gasteiger partial charge in [0.25, 0.3) is 5.91 Å². The van der Waals surface area contributed by atoms with Crippen LogP contribution in [-0.2, 0) is 4.74 Å². The number of ether oxygens (including phenoxy) is 1. The minimum Gasteiger partial charge on any atom is -0.378 e. The highest BCUT2D eigenvalue weighted by molar-refractivity contribution is 7.20. The van der Waals surface area contributed by atoms with Crippen molar-refractivity contribution in [3.8, 4) is 0 Å². The van der Waals surface area contributed by atoms with Gasteiger partial charge in [-0.3, -0.25) is 4.79 Å². The molecule has 0 radical (unpaired) electrons. The molecule has 0 saturated carbocycles. The summed E-state index contributed by atoms with van der Waals surface area (Å²) in [6, 6.07) is 6.97. The average Bonchev–Trinajstić information content (AvgIpc) is 2.87. The molecule has 1 aliphatic rings. The molecular formula is C15H13Cl3N2O2S. The van der Waals surface area contributed by atoms with E-state index in [1.165, 1.54) is 0 Å². The van der Waals surface area contributed by atoms with Crippen LogP contribution in [-0.4, -0.2) is 32.2 Å². The van der Waals surface area contributed by atoms with Crippen molar-refractivity contribution in [2.45, 2.75) is 0 Å². The maximum atomic E-state index is 12.5. The van der Waals surface area contributed by atoms with Gasteiger partial charge in [0, 0.05) is 13.1 Å². The summed E-state index contributed by atoms with van der Waals surface area (Å²) in [4.78, 5) is 14.6. The van der Waals surface area contributed by atoms with E-state index in [1.807, 2.05) is 6.07 Å². The second kappa shape index (κ2) is 7.28. The molecule has 3 rings (SSSR count). The predicted molar refractivity (Wildman–Crippen MR) is 96.8 cm³/mol. The van der Waals surface area contributed by atoms with Crippen molar-refractivity contribution in [1.82, 2.24) is 0 Å². The molecule has 0 bridgehead atoms. The van der Waals surface area contributed by atoms with Gasteiger partial charge in [0.2, 0.25) is 0 Å². The molecule has 0 spiro atoms. The monoisotopic (exact) mass is 390 g/mol. The van der Waals surface area contributed by atoms with Crippen molar-refractivity contribution in [1.29, 1.82) is 0 Å². The van der Waals surface area contributed by atoms with Gasteiger partial charge in [0.1, 0.15) is 4.34 Å². The van der Waals surface area contributed by atoms with Gasteiger partial charge in [0.15, 0.2) is 0 Å². The van der Waals surface area contributed by atoms with E-state index in [1.54, 1.807) is 18.2 Å². The summed E-state index contributed by atoms with van der Waals surface area (Å²) in [6.07, 6.45) is 0. The Bertz CT molecular complexity index is 730. The quantitative estimate of drug-likeness (QED) is 0.817. The molecule has 1 aliphatic heterocycles. The molecule has 122 valence electrons. The van der Waals surface area contributed by atoms with Crippen molar-refractivity contribution in [3.63, 3.8) is 0 Å². The number of hydrogen-bond acceptors (Lipinski definition) is 4. The highest BCUT2D eigenvalue weighted by Gasteiger charge is 2.21. The van der Waals surface area contributed by atoms with E-state index in [-0.39, 0.29) is 5.91 Å². The molecule has 1 N–H and O–H groups in total. The number of nitrogens with one attached hydrogen (secondary N) is 1. The van der Waals surface area contributed by atoms with Gasteiger partial charge < -0.3 is 15.0 Å². The SMILES string of the molecule is O=C(Nc1cccc(Cl)c1N1CCOCC1)c1cc(Cl)sc1Cl. The Morgan fingerprint density at radius 3 is 2.61 bits per heavy atom. The molecule has 0 aliphatic carbocycles. The molecular weight excluding hydrogens is 379 g/mol. The zero-order valence-electron chi connectivity index (χ0n) is 11.9. The van der Waals surface area contributed by atoms with Crippen LogP contribution in [0.15, 0.2) is 24.3 Å². The number of nitrogens with zero attached hydrogens (tertiary/aromatic N) is 1. The van der Waals surface area contributed by atoms with E-state index in [0.29, 0.717) is 38.2 Å². The first-order valence-electron chi connectivity index (χ1n) is 6.93. The summed E-state index contributed by atoms with van der Waals surface area (Å²) < 4.78 is 6.20. The standard InChI is InChI=1S/C15H13Cl3N2O2S/c16-10-2-1-3-11(13(10)20-4-6-22-7-5-20)19-15(21)9-8-12(17)23-14(9)18/h1-3,8H,4-7H2,(H,19,21). The molecule has 4 nitrogen and oxygen atoms in total. The van der Waals surface area contributed by atoms with E-state index in [4.69, 9.17) is 39.5 Å². The van der Waals surface area contributed by atoms with Crippen LogP contribution in [0.4, 0.5) is 11.4 Å². The molecule has 2 aromatic rings. The van der Waals surface area contributed by atoms with Gasteiger partial charge in [-0.05, 0) is 18.2 Å². The topological polar surface area (TPSA) is 41.6 Å². The number of carbonyl (C=O) groups is 1. The highest BCUT2D eigenvalue weighted by atomic mass is 35.5. The zero-order chi connectivity index (χ0) is 16.4. The van der Waals surface area contributed by atoms with Crippen molar-refractivity contribution in [2.24, 2.45) is 0 Å². The van der Waals surface area contributed by atoms with Crippen molar-refractivity contribution in [2.75, 3.05) is 36.5 Å². The van der Waals surface area contributed by atoms with E-state index < -0.39 is 0 Å². The van der Waals surface area contributed by atoms with Crippen molar-refractivity contribution in [3.05, 3.63) is 43.5 Å². The first-order chi connectivity index (χ1) is 11.1. The van der Waals surface area contributed by atoms with Crippen LogP contribution in [0.2, 0.25) is 13.7 Å². The number of rotatable bonds is 3. The van der Waals surface area contributed by atoms with Gasteiger partial charge in [-0.15, -0.1) is 11.3 Å². The molecule has 1 saturated heterocycles. The Labute approximate surface area is 152 Å². The van der Waals surface area contributed by atoms with Crippen LogP contribution in [0.25, 0.3) is 0 Å². The Kier molecular flexibility index (Phi) is 5.34. The van der Waals surface area contributed by atoms with E-state index in [9.17, 15) is 4.79 Å². The summed E-state index contributed by atoms with van der Waals surface area (Å²) in [5.41, 5.74) is 1.79. The molecule has 1 aromatic heterocycles. The van der Waals surface area contributed by atoms with Crippen LogP contribution in [0.3, 0.4) is 0 Å². The van der Waals surface area contributed by atoms with Crippen LogP contribution in [0.5, 0.6) is 0 Å². The summed E-state index contributed by atoms with van der Waals surface area (Å²) in [7, 11) is 0. The van der Waals surface area contributed by atoms with Gasteiger partial charge >= 0.3 is 0 Å². The number of para-hydroxylation sites is 1. The third kappa shape index (κ3) is 3.75. The molecule has 1 fully saturated rings. The van der Waals surface area contributed by atoms with Crippen LogP contribution in [0, 0.1) is 0 Å². The lowest BCUT2D eigenvalue weighted by Gasteiger charge is -2.31. The molecule has 0 unspecified atom stereocenters. The number of thiophene rings is 1. The summed E-state index contributed by atoms with van der Waals surface area (Å²) in [6.45, 7) is 2.70. The van der Waals surface area contributed by atoms with E-state index in [0.717, 1.165) is 30.1 Å². The third-order valence-electron chi connectivity index (χ3n) is 3.46. The second-order valence-corrected chi connectivity index (χ2v) is 7.62. The fourth-order valence-electron chi connectivity index (χ4n) is 2.41. The lowest BCUT2D eigenvalue weighted by atomic mass is 10.2. The van der Waals surface area contributed by atoms with Crippen molar-refractivity contribution < 1.29 is 9.53 Å². The molecule has 0 atom stereocenters. The molecule has 1 amide bonds. The molecule has 8 heteroatoms. The molecule has 2 heterocycles. The fourth-order valence-corrected chi connectivity index (χ4v) is 4.16. The maximum absolute atomic E-state index is 12.5. The number of carbonyl (C=O) groups excluding carboxylic acids is 1. The summed E-state index contributed by atoms with van der Waals surface area (Å²) in [5, 5.41) is 3.46. The highest BCUT2D eigenvalue weighted by Crippen LogP contribution is 2.36. The summed E-state index contributed by atoms with van der Waals surface area (Å²) in [5.74, 6) is -0.310. The van der Waals surface area contributed by atoms with Gasteiger partial charge in [-0.1, -0.05) is 40.9 Å². The Morgan fingerprint density at radius 2 is 1.96 bits per heavy atom. The Balaban J connectivity index is 1.89. The van der Waals surface area contributed by atoms with E-state index >= 15 is 0 Å². The number of benzene rings is 1. The number of halogens is 3. The average molecular weight is 392 g/mol. The van der Waals surface area contributed by atoms with Gasteiger partial charge in [-0.25, -0.2) is 0 Å². The second-order valence-electron chi connectivity index (χ2n) is 4.93. The molecule has 23 heavy (non-hydrogen) atoms. The van der Waals surface area contributed by atoms with Crippen LogP contribution in [0.1, 0.15) is 10.4 Å². The minimum atomic E-state index is -0.310. The molecule has 1 aromatic carbocycles. The maximum Gasteiger partial charge on any atom is 0.258 e. The Hall–Kier alpha value is -0.980. The number of hydrogen-bond donors (Lipinski definition) is 1. The first kappa shape index (κ1) is 16.9. The lowest BCUT2D eigenvalue weighted by Crippen LogP contribution is -2.37. The van der Waals surface area contributed by atoms with Crippen LogP contribution >= 0.6 is 46.1 Å². The zero-order valence-corrected chi connectivity index (χ0v) is 15.0. The normalized spacial score (nSPS) is 14.8.